The zero-order chi connectivity index (χ0) is 13.9. The van der Waals surface area contributed by atoms with E-state index in [0.29, 0.717) is 4.88 Å². The molecular weight excluding hydrogens is 290 g/mol. The van der Waals surface area contributed by atoms with Crippen LogP contribution in [0.5, 0.6) is 0 Å². The molecule has 2 rings (SSSR count). The monoisotopic (exact) mass is 299 g/mol. The normalized spacial score (nSPS) is 11.2. The fraction of sp³-hybridized carbons (Fsp3) is 0.100. The van der Waals surface area contributed by atoms with Crippen molar-refractivity contribution in [2.24, 2.45) is 0 Å². The first kappa shape index (κ1) is 13.4. The second kappa shape index (κ2) is 5.33. The van der Waals surface area contributed by atoms with Gasteiger partial charge in [0.05, 0.1) is 12.6 Å². The molecule has 19 heavy (non-hydrogen) atoms. The number of hydrogen-bond donors (Lipinski definition) is 2. The van der Waals surface area contributed by atoms with Gasteiger partial charge in [0.25, 0.3) is 10.0 Å². The highest BCUT2D eigenvalue weighted by Crippen LogP contribution is 2.23. The number of thiophene rings is 1. The second-order valence-electron chi connectivity index (χ2n) is 3.49. The summed E-state index contributed by atoms with van der Waals surface area (Å²) >= 11 is 0.908. The molecule has 100 valence electrons. The minimum absolute atomic E-state index is 0.0365. The van der Waals surface area contributed by atoms with Crippen molar-refractivity contribution in [1.82, 2.24) is 9.97 Å². The van der Waals surface area contributed by atoms with Crippen molar-refractivity contribution in [3.8, 4) is 0 Å². The van der Waals surface area contributed by atoms with Crippen LogP contribution in [-0.2, 0) is 21.2 Å². The Labute approximate surface area is 113 Å². The van der Waals surface area contributed by atoms with Crippen molar-refractivity contribution in [3.63, 3.8) is 0 Å². The van der Waals surface area contributed by atoms with Crippen LogP contribution in [0.3, 0.4) is 0 Å². The van der Waals surface area contributed by atoms with E-state index in [0.717, 1.165) is 11.3 Å². The highest BCUT2D eigenvalue weighted by atomic mass is 32.2. The molecule has 0 saturated carbocycles. The van der Waals surface area contributed by atoms with Gasteiger partial charge in [-0.1, -0.05) is 0 Å². The van der Waals surface area contributed by atoms with Crippen LogP contribution in [0.1, 0.15) is 4.88 Å². The molecule has 7 nitrogen and oxygen atoms in total. The lowest BCUT2D eigenvalue weighted by Gasteiger charge is -2.03. The maximum atomic E-state index is 12.0. The standard InChI is InChI=1S/C10H9N3O4S2/c14-9(15)5-7-1-2-10(18-7)19(16,17)13-8-6-11-3-4-12-8/h1-4,6H,5H2,(H,12,13)(H,14,15). The number of carbonyl (C=O) groups is 1. The van der Waals surface area contributed by atoms with Crippen LogP contribution in [0.4, 0.5) is 5.82 Å². The summed E-state index contributed by atoms with van der Waals surface area (Å²) in [4.78, 5) is 18.6. The molecule has 0 aliphatic heterocycles. The second-order valence-corrected chi connectivity index (χ2v) is 6.56. The fourth-order valence-corrected chi connectivity index (χ4v) is 3.63. The Morgan fingerprint density at radius 2 is 2.16 bits per heavy atom. The van der Waals surface area contributed by atoms with Gasteiger partial charge in [0.2, 0.25) is 0 Å². The number of nitrogens with zero attached hydrogens (tertiary/aromatic N) is 2. The topological polar surface area (TPSA) is 109 Å². The van der Waals surface area contributed by atoms with Crippen molar-refractivity contribution in [1.29, 1.82) is 0 Å². The highest BCUT2D eigenvalue weighted by Gasteiger charge is 2.18. The molecule has 0 unspecified atom stereocenters. The Morgan fingerprint density at radius 3 is 2.79 bits per heavy atom. The molecule has 2 aromatic heterocycles. The minimum Gasteiger partial charge on any atom is -0.481 e. The first-order chi connectivity index (χ1) is 8.97. The quantitative estimate of drug-likeness (QED) is 0.851. The number of rotatable bonds is 5. The third-order valence-corrected chi connectivity index (χ3v) is 4.96. The summed E-state index contributed by atoms with van der Waals surface area (Å²) in [6.07, 6.45) is 3.87. The van der Waals surface area contributed by atoms with Gasteiger partial charge in [-0.25, -0.2) is 13.4 Å². The molecule has 2 heterocycles. The maximum absolute atomic E-state index is 12.0. The van der Waals surface area contributed by atoms with Gasteiger partial charge >= 0.3 is 5.97 Å². The molecule has 0 spiro atoms. The molecule has 0 saturated heterocycles. The van der Waals surface area contributed by atoms with Gasteiger partial charge in [-0.05, 0) is 12.1 Å². The molecule has 0 radical (unpaired) electrons. The summed E-state index contributed by atoms with van der Waals surface area (Å²) in [5.74, 6) is -0.900. The lowest BCUT2D eigenvalue weighted by Crippen LogP contribution is -2.12. The lowest BCUT2D eigenvalue weighted by atomic mass is 10.3. The Kier molecular flexibility index (Phi) is 3.76. The van der Waals surface area contributed by atoms with Gasteiger partial charge in [0.15, 0.2) is 5.82 Å². The molecule has 0 aromatic carbocycles. The van der Waals surface area contributed by atoms with Crippen LogP contribution in [0.15, 0.2) is 34.9 Å². The van der Waals surface area contributed by atoms with Crippen molar-refractivity contribution in [3.05, 3.63) is 35.6 Å². The SMILES string of the molecule is O=C(O)Cc1ccc(S(=O)(=O)Nc2cnccn2)s1. The van der Waals surface area contributed by atoms with Crippen LogP contribution in [0.25, 0.3) is 0 Å². The van der Waals surface area contributed by atoms with E-state index in [4.69, 9.17) is 5.11 Å². The molecule has 0 aliphatic rings. The Morgan fingerprint density at radius 1 is 1.37 bits per heavy atom. The van der Waals surface area contributed by atoms with E-state index in [-0.39, 0.29) is 16.4 Å². The molecule has 0 amide bonds. The Bertz CT molecular complexity index is 682. The van der Waals surface area contributed by atoms with E-state index in [9.17, 15) is 13.2 Å². The molecule has 0 bridgehead atoms. The molecule has 0 atom stereocenters. The van der Waals surface area contributed by atoms with E-state index in [1.807, 2.05) is 0 Å². The Hall–Kier alpha value is -2.00. The highest BCUT2D eigenvalue weighted by molar-refractivity contribution is 7.94. The summed E-state index contributed by atoms with van der Waals surface area (Å²) in [7, 11) is -3.76. The van der Waals surface area contributed by atoms with Crippen LogP contribution < -0.4 is 4.72 Å². The summed E-state index contributed by atoms with van der Waals surface area (Å²) in [5.41, 5.74) is 0. The lowest BCUT2D eigenvalue weighted by molar-refractivity contribution is -0.136. The van der Waals surface area contributed by atoms with Gasteiger partial charge in [-0.15, -0.1) is 11.3 Å². The molecule has 2 N–H and O–H groups in total. The molecular formula is C10H9N3O4S2. The van der Waals surface area contributed by atoms with Gasteiger partial charge in [0, 0.05) is 17.3 Å². The third kappa shape index (κ3) is 3.48. The van der Waals surface area contributed by atoms with Gasteiger partial charge in [-0.2, -0.15) is 0 Å². The van der Waals surface area contributed by atoms with Crippen LogP contribution in [-0.4, -0.2) is 29.5 Å². The molecule has 9 heteroatoms. The van der Waals surface area contributed by atoms with E-state index < -0.39 is 16.0 Å². The first-order valence-corrected chi connectivity index (χ1v) is 7.37. The van der Waals surface area contributed by atoms with Crippen molar-refractivity contribution < 1.29 is 18.3 Å². The molecule has 2 aromatic rings. The van der Waals surface area contributed by atoms with Crippen molar-refractivity contribution >= 4 is 33.1 Å². The fourth-order valence-electron chi connectivity index (χ4n) is 1.29. The number of aromatic nitrogens is 2. The summed E-state index contributed by atoms with van der Waals surface area (Å²) in [6, 6.07) is 2.84. The Balaban J connectivity index is 2.20. The van der Waals surface area contributed by atoms with Crippen LogP contribution in [0.2, 0.25) is 0 Å². The summed E-state index contributed by atoms with van der Waals surface area (Å²) in [6.45, 7) is 0. The van der Waals surface area contributed by atoms with Gasteiger partial charge in [0.1, 0.15) is 4.21 Å². The number of sulfonamides is 1. The minimum atomic E-state index is -3.76. The number of hydrogen-bond acceptors (Lipinski definition) is 6. The maximum Gasteiger partial charge on any atom is 0.308 e. The largest absolute Gasteiger partial charge is 0.481 e. The van der Waals surface area contributed by atoms with Crippen molar-refractivity contribution in [2.45, 2.75) is 10.6 Å². The van der Waals surface area contributed by atoms with Crippen LogP contribution >= 0.6 is 11.3 Å². The summed E-state index contributed by atoms with van der Waals surface area (Å²) < 4.78 is 26.3. The number of anilines is 1. The van der Waals surface area contributed by atoms with Gasteiger partial charge < -0.3 is 5.11 Å². The van der Waals surface area contributed by atoms with Gasteiger partial charge in [-0.3, -0.25) is 14.5 Å². The average Bonchev–Trinajstić information content (AvgIpc) is 2.78. The van der Waals surface area contributed by atoms with Crippen LogP contribution in [0, 0.1) is 0 Å². The first-order valence-electron chi connectivity index (χ1n) is 5.07. The smallest absolute Gasteiger partial charge is 0.308 e. The number of carboxylic acid groups (broad SMARTS) is 1. The number of aliphatic carboxylic acids is 1. The zero-order valence-corrected chi connectivity index (χ0v) is 11.1. The average molecular weight is 299 g/mol. The zero-order valence-electron chi connectivity index (χ0n) is 9.48. The van der Waals surface area contributed by atoms with Crippen molar-refractivity contribution in [2.75, 3.05) is 4.72 Å². The molecule has 0 aliphatic carbocycles. The van der Waals surface area contributed by atoms with E-state index >= 15 is 0 Å². The summed E-state index contributed by atoms with van der Waals surface area (Å²) in [5, 5.41) is 8.64. The number of nitrogens with one attached hydrogen (secondary N) is 1. The molecule has 0 fully saturated rings. The van der Waals surface area contributed by atoms with E-state index in [1.54, 1.807) is 0 Å². The third-order valence-electron chi connectivity index (χ3n) is 2.03. The predicted molar refractivity (Wildman–Crippen MR) is 68.5 cm³/mol. The van der Waals surface area contributed by atoms with E-state index in [2.05, 4.69) is 14.7 Å². The number of carboxylic acids is 1. The van der Waals surface area contributed by atoms with E-state index in [1.165, 1.54) is 30.7 Å². The predicted octanol–water partition coefficient (Wildman–Crippen LogP) is 0.966.